The van der Waals surface area contributed by atoms with Gasteiger partial charge in [-0.25, -0.2) is 9.78 Å². The van der Waals surface area contributed by atoms with Crippen LogP contribution in [0.4, 0.5) is 16.3 Å². The molecule has 0 atom stereocenters. The first-order valence-electron chi connectivity index (χ1n) is 8.59. The van der Waals surface area contributed by atoms with E-state index in [1.807, 2.05) is 29.6 Å². The predicted octanol–water partition coefficient (Wildman–Crippen LogP) is 3.05. The highest BCUT2D eigenvalue weighted by molar-refractivity contribution is 7.09. The molecule has 7 heteroatoms. The molecule has 4 heterocycles. The Morgan fingerprint density at radius 2 is 2.04 bits per heavy atom. The first kappa shape index (κ1) is 16.1. The molecule has 2 aromatic rings. The van der Waals surface area contributed by atoms with Crippen LogP contribution in [0.15, 0.2) is 29.6 Å². The highest BCUT2D eigenvalue weighted by Crippen LogP contribution is 2.29. The number of aromatic nitrogens is 1. The maximum atomic E-state index is 12.6. The van der Waals surface area contributed by atoms with E-state index in [1.165, 1.54) is 0 Å². The molecule has 2 amide bonds. The van der Waals surface area contributed by atoms with Crippen molar-refractivity contribution in [3.63, 3.8) is 0 Å². The summed E-state index contributed by atoms with van der Waals surface area (Å²) in [4.78, 5) is 34.4. The molecule has 0 unspecified atom stereocenters. The van der Waals surface area contributed by atoms with Crippen LogP contribution in [0.2, 0.25) is 0 Å². The minimum absolute atomic E-state index is 0.0124. The smallest absolute Gasteiger partial charge is 0.322 e. The molecule has 1 saturated heterocycles. The monoisotopic (exact) mass is 356 g/mol. The van der Waals surface area contributed by atoms with Crippen LogP contribution >= 0.6 is 11.3 Å². The van der Waals surface area contributed by atoms with Gasteiger partial charge in [0.1, 0.15) is 11.5 Å². The zero-order valence-corrected chi connectivity index (χ0v) is 14.7. The molecule has 0 bridgehead atoms. The van der Waals surface area contributed by atoms with Gasteiger partial charge in [0, 0.05) is 30.9 Å². The van der Waals surface area contributed by atoms with Crippen LogP contribution < -0.4 is 15.1 Å². The van der Waals surface area contributed by atoms with E-state index >= 15 is 0 Å². The average Bonchev–Trinajstić information content (AvgIpc) is 3.33. The maximum absolute atomic E-state index is 12.6. The number of pyridine rings is 1. The zero-order valence-electron chi connectivity index (χ0n) is 13.9. The summed E-state index contributed by atoms with van der Waals surface area (Å²) in [5, 5.41) is 4.91. The van der Waals surface area contributed by atoms with E-state index in [9.17, 15) is 9.59 Å². The topological polar surface area (TPSA) is 65.5 Å². The number of fused-ring (bicyclic) bond motifs is 1. The van der Waals surface area contributed by atoms with Crippen LogP contribution in [0.3, 0.4) is 0 Å². The maximum Gasteiger partial charge on any atom is 0.322 e. The third-order valence-corrected chi connectivity index (χ3v) is 5.52. The molecule has 130 valence electrons. The quantitative estimate of drug-likeness (QED) is 0.918. The SMILES string of the molecule is O=C1CCN(C(=O)NCc2cccs2)c2ccc(N3CCCC3)nc21. The van der Waals surface area contributed by atoms with Crippen molar-refractivity contribution < 1.29 is 9.59 Å². The third-order valence-electron chi connectivity index (χ3n) is 4.65. The Labute approximate surface area is 150 Å². The van der Waals surface area contributed by atoms with Gasteiger partial charge in [-0.1, -0.05) is 6.07 Å². The molecule has 1 fully saturated rings. The highest BCUT2D eigenvalue weighted by atomic mass is 32.1. The Hall–Kier alpha value is -2.41. The van der Waals surface area contributed by atoms with E-state index in [0.717, 1.165) is 36.6 Å². The number of Topliss-reactive ketones (excluding diaryl/α,β-unsaturated/α-hetero) is 1. The van der Waals surface area contributed by atoms with Crippen molar-refractivity contribution in [2.24, 2.45) is 0 Å². The second kappa shape index (κ2) is 6.84. The van der Waals surface area contributed by atoms with Crippen LogP contribution in [-0.4, -0.2) is 36.4 Å². The number of thiophene rings is 1. The summed E-state index contributed by atoms with van der Waals surface area (Å²) in [6, 6.07) is 7.55. The standard InChI is InChI=1S/C18H20N4O2S/c23-15-7-10-22(18(24)19-12-13-4-3-11-25-13)14-5-6-16(20-17(14)15)21-8-1-2-9-21/h3-6,11H,1-2,7-10,12H2,(H,19,24). The van der Waals surface area contributed by atoms with E-state index in [4.69, 9.17) is 0 Å². The van der Waals surface area contributed by atoms with Crippen molar-refractivity contribution in [1.29, 1.82) is 0 Å². The molecular weight excluding hydrogens is 336 g/mol. The Balaban J connectivity index is 1.54. The lowest BCUT2D eigenvalue weighted by Gasteiger charge is -2.29. The van der Waals surface area contributed by atoms with Crippen molar-refractivity contribution in [1.82, 2.24) is 10.3 Å². The molecule has 0 spiro atoms. The number of nitrogens with zero attached hydrogens (tertiary/aromatic N) is 3. The minimum Gasteiger partial charge on any atom is -0.357 e. The van der Waals surface area contributed by atoms with E-state index in [0.29, 0.717) is 30.9 Å². The summed E-state index contributed by atoms with van der Waals surface area (Å²) in [6.07, 6.45) is 2.63. The fraction of sp³-hybridized carbons (Fsp3) is 0.389. The van der Waals surface area contributed by atoms with E-state index in [-0.39, 0.29) is 11.8 Å². The summed E-state index contributed by atoms with van der Waals surface area (Å²) < 4.78 is 0. The zero-order chi connectivity index (χ0) is 17.2. The molecular formula is C18H20N4O2S. The number of ketones is 1. The number of hydrogen-bond acceptors (Lipinski definition) is 5. The van der Waals surface area contributed by atoms with Gasteiger partial charge in [-0.3, -0.25) is 9.69 Å². The van der Waals surface area contributed by atoms with Crippen molar-refractivity contribution in [2.45, 2.75) is 25.8 Å². The fourth-order valence-electron chi connectivity index (χ4n) is 3.32. The number of anilines is 2. The molecule has 2 aliphatic heterocycles. The van der Waals surface area contributed by atoms with Crippen LogP contribution in [0.1, 0.15) is 34.6 Å². The van der Waals surface area contributed by atoms with Crippen molar-refractivity contribution in [3.05, 3.63) is 40.2 Å². The van der Waals surface area contributed by atoms with Crippen LogP contribution in [-0.2, 0) is 6.54 Å². The average molecular weight is 356 g/mol. The number of carbonyl (C=O) groups is 2. The lowest BCUT2D eigenvalue weighted by atomic mass is 10.1. The second-order valence-corrected chi connectivity index (χ2v) is 7.33. The summed E-state index contributed by atoms with van der Waals surface area (Å²) in [5.41, 5.74) is 1.03. The van der Waals surface area contributed by atoms with Gasteiger partial charge in [0.2, 0.25) is 0 Å². The van der Waals surface area contributed by atoms with E-state index in [2.05, 4.69) is 15.2 Å². The van der Waals surface area contributed by atoms with Gasteiger partial charge in [0.25, 0.3) is 0 Å². The van der Waals surface area contributed by atoms with Gasteiger partial charge < -0.3 is 10.2 Å². The summed E-state index contributed by atoms with van der Waals surface area (Å²) in [7, 11) is 0. The summed E-state index contributed by atoms with van der Waals surface area (Å²) >= 11 is 1.61. The molecule has 2 aliphatic rings. The van der Waals surface area contributed by atoms with Gasteiger partial charge in [-0.05, 0) is 36.4 Å². The van der Waals surface area contributed by atoms with Gasteiger partial charge in [-0.2, -0.15) is 0 Å². The second-order valence-electron chi connectivity index (χ2n) is 6.29. The van der Waals surface area contributed by atoms with Crippen molar-refractivity contribution in [3.8, 4) is 0 Å². The largest absolute Gasteiger partial charge is 0.357 e. The van der Waals surface area contributed by atoms with Crippen LogP contribution in [0.25, 0.3) is 0 Å². The molecule has 0 radical (unpaired) electrons. The molecule has 0 saturated carbocycles. The van der Waals surface area contributed by atoms with Gasteiger partial charge in [-0.15, -0.1) is 11.3 Å². The molecule has 0 aromatic carbocycles. The summed E-state index contributed by atoms with van der Waals surface area (Å²) in [5.74, 6) is 0.851. The number of carbonyl (C=O) groups excluding carboxylic acids is 2. The third kappa shape index (κ3) is 3.24. The lowest BCUT2D eigenvalue weighted by Crippen LogP contribution is -2.44. The number of hydrogen-bond donors (Lipinski definition) is 1. The van der Waals surface area contributed by atoms with Gasteiger partial charge >= 0.3 is 6.03 Å². The predicted molar refractivity (Wildman–Crippen MR) is 98.5 cm³/mol. The molecule has 4 rings (SSSR count). The molecule has 6 nitrogen and oxygen atoms in total. The molecule has 2 aromatic heterocycles. The molecule has 0 aliphatic carbocycles. The Morgan fingerprint density at radius 3 is 2.80 bits per heavy atom. The number of amides is 2. The Bertz CT molecular complexity index is 784. The fourth-order valence-corrected chi connectivity index (χ4v) is 3.97. The van der Waals surface area contributed by atoms with Gasteiger partial charge in [0.15, 0.2) is 5.78 Å². The number of urea groups is 1. The van der Waals surface area contributed by atoms with Crippen molar-refractivity contribution >= 4 is 34.7 Å². The van der Waals surface area contributed by atoms with Crippen LogP contribution in [0.5, 0.6) is 0 Å². The number of nitrogens with one attached hydrogen (secondary N) is 1. The van der Waals surface area contributed by atoms with Crippen molar-refractivity contribution in [2.75, 3.05) is 29.4 Å². The van der Waals surface area contributed by atoms with Crippen LogP contribution in [0, 0.1) is 0 Å². The normalized spacial score (nSPS) is 16.9. The number of rotatable bonds is 3. The lowest BCUT2D eigenvalue weighted by molar-refractivity contribution is 0.0976. The Kier molecular flexibility index (Phi) is 4.40. The highest BCUT2D eigenvalue weighted by Gasteiger charge is 2.29. The van der Waals surface area contributed by atoms with E-state index in [1.54, 1.807) is 16.2 Å². The molecule has 25 heavy (non-hydrogen) atoms. The minimum atomic E-state index is -0.183. The van der Waals surface area contributed by atoms with Gasteiger partial charge in [0.05, 0.1) is 12.2 Å². The summed E-state index contributed by atoms with van der Waals surface area (Å²) in [6.45, 7) is 2.85. The molecule has 1 N–H and O–H groups in total. The first-order chi connectivity index (χ1) is 12.2. The Morgan fingerprint density at radius 1 is 1.20 bits per heavy atom. The van der Waals surface area contributed by atoms with E-state index < -0.39 is 0 Å². The first-order valence-corrected chi connectivity index (χ1v) is 9.47.